The van der Waals surface area contributed by atoms with Crippen LogP contribution in [0.1, 0.15) is 26.4 Å². The van der Waals surface area contributed by atoms with Crippen molar-refractivity contribution in [3.63, 3.8) is 0 Å². The van der Waals surface area contributed by atoms with Crippen molar-refractivity contribution in [2.24, 2.45) is 4.99 Å². The first-order valence-corrected chi connectivity index (χ1v) is 8.58. The third kappa shape index (κ3) is 3.80. The summed E-state index contributed by atoms with van der Waals surface area (Å²) in [5, 5.41) is 0. The van der Waals surface area contributed by atoms with Crippen molar-refractivity contribution in [1.82, 2.24) is 0 Å². The lowest BCUT2D eigenvalue weighted by Crippen LogP contribution is -1.96. The van der Waals surface area contributed by atoms with E-state index in [0.717, 1.165) is 17.9 Å². The second-order valence-electron chi connectivity index (χ2n) is 5.77. The van der Waals surface area contributed by atoms with Gasteiger partial charge in [-0.25, -0.2) is 0 Å². The van der Waals surface area contributed by atoms with Crippen molar-refractivity contribution in [3.05, 3.63) is 80.8 Å². The van der Waals surface area contributed by atoms with Crippen molar-refractivity contribution < 1.29 is 4.74 Å². The lowest BCUT2D eigenvalue weighted by atomic mass is 10.0. The molecule has 0 atom stereocenters. The molecule has 1 aromatic heterocycles. The normalized spacial score (nSPS) is 14.2. The smallest absolute Gasteiger partial charge is 0.117 e. The quantitative estimate of drug-likeness (QED) is 0.788. The molecule has 0 amide bonds. The number of methoxy groups -OCH3 is 1. The number of rotatable bonds is 4. The Morgan fingerprint density at radius 1 is 1.17 bits per heavy atom. The maximum atomic E-state index is 5.27. The first-order valence-electron chi connectivity index (χ1n) is 7.76. The molecular formula is C20H21NOS. The molecule has 0 saturated heterocycles. The maximum absolute atomic E-state index is 5.27. The minimum absolute atomic E-state index is 0.600. The predicted octanol–water partition coefficient (Wildman–Crippen LogP) is 4.84. The van der Waals surface area contributed by atoms with Gasteiger partial charge < -0.3 is 4.74 Å². The van der Waals surface area contributed by atoms with Crippen LogP contribution >= 0.6 is 11.3 Å². The molecule has 0 radical (unpaired) electrons. The molecule has 3 rings (SSSR count). The Balaban J connectivity index is 1.79. The van der Waals surface area contributed by atoms with Crippen LogP contribution in [0.25, 0.3) is 0 Å². The van der Waals surface area contributed by atoms with Gasteiger partial charge in [0.15, 0.2) is 0 Å². The number of aryl methyl sites for hydroxylation is 2. The van der Waals surface area contributed by atoms with E-state index in [9.17, 15) is 0 Å². The Morgan fingerprint density at radius 3 is 2.87 bits per heavy atom. The standard InChI is InChI=1S/C20H21NOS/c1-14-7-8-15(2)16(11-14)12-18-9-10-20(23-18)19-6-4-5-17(22-3)13-21-19/h4-11H,12-13H2,1-3H3. The molecule has 118 valence electrons. The summed E-state index contributed by atoms with van der Waals surface area (Å²) >= 11 is 1.82. The Morgan fingerprint density at radius 2 is 2.04 bits per heavy atom. The Hall–Kier alpha value is -2.13. The third-order valence-electron chi connectivity index (χ3n) is 3.99. The van der Waals surface area contributed by atoms with Crippen LogP contribution in [0.3, 0.4) is 0 Å². The number of ether oxygens (including phenoxy) is 1. The lowest BCUT2D eigenvalue weighted by Gasteiger charge is -2.05. The number of nitrogens with zero attached hydrogens (tertiary/aromatic N) is 1. The topological polar surface area (TPSA) is 21.6 Å². The van der Waals surface area contributed by atoms with Crippen molar-refractivity contribution in [2.75, 3.05) is 13.7 Å². The molecule has 0 spiro atoms. The van der Waals surface area contributed by atoms with E-state index in [2.05, 4.69) is 55.2 Å². The number of allylic oxidation sites excluding steroid dienone is 3. The molecular weight excluding hydrogens is 302 g/mol. The molecule has 0 saturated carbocycles. The zero-order valence-electron chi connectivity index (χ0n) is 13.8. The molecule has 2 heterocycles. The lowest BCUT2D eigenvalue weighted by molar-refractivity contribution is 0.287. The SMILES string of the molecule is COC1=CC=CC(c2ccc(Cc3cc(C)ccc3C)s2)=NC1. The zero-order chi connectivity index (χ0) is 16.2. The Labute approximate surface area is 141 Å². The second kappa shape index (κ2) is 6.97. The monoisotopic (exact) mass is 323 g/mol. The van der Waals surface area contributed by atoms with Gasteiger partial charge in [-0.3, -0.25) is 4.99 Å². The summed E-state index contributed by atoms with van der Waals surface area (Å²) in [7, 11) is 1.69. The van der Waals surface area contributed by atoms with Gasteiger partial charge in [-0.2, -0.15) is 0 Å². The van der Waals surface area contributed by atoms with E-state index >= 15 is 0 Å². The van der Waals surface area contributed by atoms with Gasteiger partial charge in [0.05, 0.1) is 24.2 Å². The summed E-state index contributed by atoms with van der Waals surface area (Å²) in [4.78, 5) is 7.23. The Bertz CT molecular complexity index is 796. The van der Waals surface area contributed by atoms with Gasteiger partial charge in [0.2, 0.25) is 0 Å². The minimum Gasteiger partial charge on any atom is -0.499 e. The van der Waals surface area contributed by atoms with Crippen LogP contribution in [0.5, 0.6) is 0 Å². The second-order valence-corrected chi connectivity index (χ2v) is 6.94. The van der Waals surface area contributed by atoms with Gasteiger partial charge in [0.1, 0.15) is 5.76 Å². The van der Waals surface area contributed by atoms with Gasteiger partial charge in [-0.1, -0.05) is 29.8 Å². The molecule has 0 fully saturated rings. The van der Waals surface area contributed by atoms with Crippen LogP contribution in [-0.4, -0.2) is 19.4 Å². The average Bonchev–Trinajstić information content (AvgIpc) is 2.87. The van der Waals surface area contributed by atoms with Gasteiger partial charge in [-0.05, 0) is 49.3 Å². The number of benzene rings is 1. The van der Waals surface area contributed by atoms with Gasteiger partial charge in [0, 0.05) is 11.3 Å². The summed E-state index contributed by atoms with van der Waals surface area (Å²) in [6.45, 7) is 4.93. The molecule has 2 nitrogen and oxygen atoms in total. The van der Waals surface area contributed by atoms with E-state index < -0.39 is 0 Å². The van der Waals surface area contributed by atoms with Crippen LogP contribution in [0.4, 0.5) is 0 Å². The van der Waals surface area contributed by atoms with Crippen LogP contribution in [0.2, 0.25) is 0 Å². The molecule has 3 heteroatoms. The summed E-state index contributed by atoms with van der Waals surface area (Å²) < 4.78 is 5.27. The van der Waals surface area contributed by atoms with E-state index in [1.807, 2.05) is 23.5 Å². The van der Waals surface area contributed by atoms with Crippen LogP contribution in [-0.2, 0) is 11.2 Å². The maximum Gasteiger partial charge on any atom is 0.117 e. The van der Waals surface area contributed by atoms with Crippen LogP contribution in [0.15, 0.2) is 59.3 Å². The number of thiophene rings is 1. The predicted molar refractivity (Wildman–Crippen MR) is 98.7 cm³/mol. The molecule has 0 unspecified atom stereocenters. The largest absolute Gasteiger partial charge is 0.499 e. The van der Waals surface area contributed by atoms with Crippen molar-refractivity contribution in [1.29, 1.82) is 0 Å². The van der Waals surface area contributed by atoms with Gasteiger partial charge >= 0.3 is 0 Å². The van der Waals surface area contributed by atoms with Gasteiger partial charge in [0.25, 0.3) is 0 Å². The molecule has 1 aromatic carbocycles. The Kier molecular flexibility index (Phi) is 4.77. The van der Waals surface area contributed by atoms with Crippen LogP contribution < -0.4 is 0 Å². The highest BCUT2D eigenvalue weighted by Crippen LogP contribution is 2.24. The fraction of sp³-hybridized carbons (Fsp3) is 0.250. The molecule has 0 aliphatic carbocycles. The number of aliphatic imine (C=N–C) groups is 1. The third-order valence-corrected chi connectivity index (χ3v) is 5.09. The number of hydrogen-bond acceptors (Lipinski definition) is 3. The molecule has 2 aromatic rings. The molecule has 1 aliphatic rings. The highest BCUT2D eigenvalue weighted by atomic mass is 32.1. The zero-order valence-corrected chi connectivity index (χ0v) is 14.6. The highest BCUT2D eigenvalue weighted by molar-refractivity contribution is 7.14. The van der Waals surface area contributed by atoms with E-state index in [1.54, 1.807) is 7.11 Å². The van der Waals surface area contributed by atoms with Crippen molar-refractivity contribution >= 4 is 17.0 Å². The first-order chi connectivity index (χ1) is 11.2. The summed E-state index contributed by atoms with van der Waals surface area (Å²) in [6, 6.07) is 11.0. The van der Waals surface area contributed by atoms with Crippen molar-refractivity contribution in [2.45, 2.75) is 20.3 Å². The van der Waals surface area contributed by atoms with E-state index in [0.29, 0.717) is 6.54 Å². The van der Waals surface area contributed by atoms with E-state index in [4.69, 9.17) is 4.74 Å². The first kappa shape index (κ1) is 15.8. The van der Waals surface area contributed by atoms with E-state index in [-0.39, 0.29) is 0 Å². The molecule has 1 aliphatic heterocycles. The minimum atomic E-state index is 0.600. The summed E-state index contributed by atoms with van der Waals surface area (Å²) in [5.74, 6) is 0.892. The molecule has 23 heavy (non-hydrogen) atoms. The fourth-order valence-electron chi connectivity index (χ4n) is 2.60. The summed E-state index contributed by atoms with van der Waals surface area (Å²) in [6.07, 6.45) is 7.02. The fourth-order valence-corrected chi connectivity index (χ4v) is 3.62. The molecule has 0 bridgehead atoms. The molecule has 0 N–H and O–H groups in total. The summed E-state index contributed by atoms with van der Waals surface area (Å²) in [5.41, 5.74) is 5.11. The average molecular weight is 323 g/mol. The van der Waals surface area contributed by atoms with Crippen molar-refractivity contribution in [3.8, 4) is 0 Å². The van der Waals surface area contributed by atoms with Crippen LogP contribution in [0, 0.1) is 13.8 Å². The number of hydrogen-bond donors (Lipinski definition) is 0. The van der Waals surface area contributed by atoms with Gasteiger partial charge in [-0.15, -0.1) is 11.3 Å². The highest BCUT2D eigenvalue weighted by Gasteiger charge is 2.09. The van der Waals surface area contributed by atoms with E-state index in [1.165, 1.54) is 26.4 Å².